The number of aliphatic hydroxyl groups excluding tert-OH is 1. The lowest BCUT2D eigenvalue weighted by atomic mass is 10.1. The van der Waals surface area contributed by atoms with Gasteiger partial charge in [0, 0.05) is 0 Å². The third-order valence-electron chi connectivity index (χ3n) is 1.28. The average molecular weight is 156 g/mol. The Hall–Kier alpha value is -0.470. The van der Waals surface area contributed by atoms with Crippen molar-refractivity contribution in [2.45, 2.75) is 13.0 Å². The minimum Gasteiger partial charge on any atom is -0.389 e. The van der Waals surface area contributed by atoms with E-state index in [1.807, 2.05) is 30.3 Å². The summed E-state index contributed by atoms with van der Waals surface area (Å²) >= 11 is 0. The van der Waals surface area contributed by atoms with Crippen molar-refractivity contribution in [3.8, 4) is 0 Å². The zero-order valence-corrected chi connectivity index (χ0v) is 6.91. The van der Waals surface area contributed by atoms with Gasteiger partial charge in [0.1, 0.15) is 0 Å². The number of aliphatic hydroxyl groups is 1. The molecule has 1 atom stereocenters. The van der Waals surface area contributed by atoms with Gasteiger partial charge >= 0.3 is 0 Å². The predicted octanol–water partition coefficient (Wildman–Crippen LogP) is 1.85. The van der Waals surface area contributed by atoms with Gasteiger partial charge in [0.05, 0.1) is 6.10 Å². The molecule has 0 unspecified atom stereocenters. The summed E-state index contributed by atoms with van der Waals surface area (Å²) in [5, 5.41) is 9.02. The zero-order valence-electron chi connectivity index (χ0n) is 5.91. The van der Waals surface area contributed by atoms with Gasteiger partial charge in [-0.2, -0.15) is 13.5 Å². The molecule has 56 valence electrons. The first kappa shape index (κ1) is 9.53. The van der Waals surface area contributed by atoms with Gasteiger partial charge < -0.3 is 5.11 Å². The molecule has 1 aromatic carbocycles. The molecule has 1 aromatic rings. The second-order valence-corrected chi connectivity index (χ2v) is 2.09. The van der Waals surface area contributed by atoms with Crippen LogP contribution < -0.4 is 0 Å². The lowest BCUT2D eigenvalue weighted by Gasteiger charge is -2.00. The molecule has 2 heteroatoms. The topological polar surface area (TPSA) is 20.2 Å². The third kappa shape index (κ3) is 2.42. The molecule has 0 aromatic heterocycles. The molecule has 0 spiro atoms. The molecule has 0 heterocycles. The highest BCUT2D eigenvalue weighted by Crippen LogP contribution is 2.08. The molecule has 0 bridgehead atoms. The Kier molecular flexibility index (Phi) is 4.16. The maximum atomic E-state index is 9.02. The standard InChI is InChI=1S/C8H10O.H2S/c1-7(9)8-5-3-2-4-6-8;/h2-7,9H,1H3;1H2/t7-;/m1./s1. The normalized spacial score (nSPS) is 11.8. The summed E-state index contributed by atoms with van der Waals surface area (Å²) in [4.78, 5) is 0. The number of hydrogen-bond donors (Lipinski definition) is 1. The van der Waals surface area contributed by atoms with E-state index in [2.05, 4.69) is 0 Å². The molecule has 1 nitrogen and oxygen atoms in total. The first-order chi connectivity index (χ1) is 4.30. The van der Waals surface area contributed by atoms with Crippen molar-refractivity contribution in [3.63, 3.8) is 0 Å². The van der Waals surface area contributed by atoms with Gasteiger partial charge in [-0.15, -0.1) is 0 Å². The van der Waals surface area contributed by atoms with Crippen molar-refractivity contribution >= 4 is 13.5 Å². The summed E-state index contributed by atoms with van der Waals surface area (Å²) in [5.41, 5.74) is 0.970. The minimum absolute atomic E-state index is 0. The maximum absolute atomic E-state index is 9.02. The van der Waals surface area contributed by atoms with Crippen molar-refractivity contribution in [2.24, 2.45) is 0 Å². The van der Waals surface area contributed by atoms with Crippen molar-refractivity contribution in [2.75, 3.05) is 0 Å². The van der Waals surface area contributed by atoms with Crippen LogP contribution in [0.4, 0.5) is 0 Å². The molecule has 0 radical (unpaired) electrons. The van der Waals surface area contributed by atoms with Crippen LogP contribution in [-0.4, -0.2) is 5.11 Å². The molecular formula is C8H12OS. The summed E-state index contributed by atoms with van der Waals surface area (Å²) in [6, 6.07) is 9.59. The van der Waals surface area contributed by atoms with Gasteiger partial charge in [-0.05, 0) is 12.5 Å². The highest BCUT2D eigenvalue weighted by atomic mass is 32.1. The second-order valence-electron chi connectivity index (χ2n) is 2.09. The fourth-order valence-electron chi connectivity index (χ4n) is 0.732. The smallest absolute Gasteiger partial charge is 0.0761 e. The highest BCUT2D eigenvalue weighted by molar-refractivity contribution is 7.59. The van der Waals surface area contributed by atoms with Crippen molar-refractivity contribution in [1.82, 2.24) is 0 Å². The van der Waals surface area contributed by atoms with Crippen LogP contribution in [0, 0.1) is 0 Å². The number of hydrogen-bond acceptors (Lipinski definition) is 1. The van der Waals surface area contributed by atoms with Crippen LogP contribution in [0.25, 0.3) is 0 Å². The maximum Gasteiger partial charge on any atom is 0.0761 e. The Bertz CT molecular complexity index is 172. The molecular weight excluding hydrogens is 144 g/mol. The molecule has 10 heavy (non-hydrogen) atoms. The fraction of sp³-hybridized carbons (Fsp3) is 0.250. The zero-order chi connectivity index (χ0) is 6.69. The van der Waals surface area contributed by atoms with E-state index in [1.165, 1.54) is 0 Å². The lowest BCUT2D eigenvalue weighted by molar-refractivity contribution is 0.199. The molecule has 0 saturated heterocycles. The first-order valence-corrected chi connectivity index (χ1v) is 3.03. The molecule has 1 N–H and O–H groups in total. The summed E-state index contributed by atoms with van der Waals surface area (Å²) in [6.45, 7) is 1.76. The minimum atomic E-state index is -0.341. The van der Waals surface area contributed by atoms with Gasteiger partial charge in [-0.3, -0.25) is 0 Å². The lowest BCUT2D eigenvalue weighted by Crippen LogP contribution is -1.87. The van der Waals surface area contributed by atoms with E-state index >= 15 is 0 Å². The summed E-state index contributed by atoms with van der Waals surface area (Å²) in [7, 11) is 0. The summed E-state index contributed by atoms with van der Waals surface area (Å²) < 4.78 is 0. The van der Waals surface area contributed by atoms with E-state index in [0.29, 0.717) is 0 Å². The molecule has 0 aliphatic carbocycles. The highest BCUT2D eigenvalue weighted by Gasteiger charge is 1.95. The van der Waals surface area contributed by atoms with Crippen molar-refractivity contribution in [1.29, 1.82) is 0 Å². The van der Waals surface area contributed by atoms with Crippen LogP contribution >= 0.6 is 13.5 Å². The van der Waals surface area contributed by atoms with Crippen LogP contribution in [0.3, 0.4) is 0 Å². The first-order valence-electron chi connectivity index (χ1n) is 3.03. The van der Waals surface area contributed by atoms with Gasteiger partial charge in [0.25, 0.3) is 0 Å². The van der Waals surface area contributed by atoms with Crippen LogP contribution in [0.5, 0.6) is 0 Å². The summed E-state index contributed by atoms with van der Waals surface area (Å²) in [6.07, 6.45) is -0.341. The Morgan fingerprint density at radius 1 is 1.20 bits per heavy atom. The van der Waals surface area contributed by atoms with E-state index in [1.54, 1.807) is 6.92 Å². The Morgan fingerprint density at radius 3 is 2.00 bits per heavy atom. The van der Waals surface area contributed by atoms with Gasteiger partial charge in [0.2, 0.25) is 0 Å². The van der Waals surface area contributed by atoms with E-state index in [4.69, 9.17) is 5.11 Å². The molecule has 0 amide bonds. The number of benzene rings is 1. The average Bonchev–Trinajstić information content (AvgIpc) is 1.90. The largest absolute Gasteiger partial charge is 0.389 e. The fourth-order valence-corrected chi connectivity index (χ4v) is 0.732. The predicted molar refractivity (Wildman–Crippen MR) is 47.5 cm³/mol. The van der Waals surface area contributed by atoms with E-state index in [9.17, 15) is 0 Å². The number of rotatable bonds is 1. The monoisotopic (exact) mass is 156 g/mol. The van der Waals surface area contributed by atoms with Crippen LogP contribution in [0.1, 0.15) is 18.6 Å². The van der Waals surface area contributed by atoms with Crippen molar-refractivity contribution in [3.05, 3.63) is 35.9 Å². The van der Waals surface area contributed by atoms with E-state index in [0.717, 1.165) is 5.56 Å². The molecule has 0 saturated carbocycles. The Morgan fingerprint density at radius 2 is 1.70 bits per heavy atom. The molecule has 0 aliphatic heterocycles. The van der Waals surface area contributed by atoms with Gasteiger partial charge in [-0.1, -0.05) is 30.3 Å². The van der Waals surface area contributed by atoms with E-state index < -0.39 is 0 Å². The Balaban J connectivity index is 0.000000810. The molecule has 0 aliphatic rings. The summed E-state index contributed by atoms with van der Waals surface area (Å²) in [5.74, 6) is 0. The molecule has 0 fully saturated rings. The Labute approximate surface area is 68.1 Å². The van der Waals surface area contributed by atoms with Crippen LogP contribution in [0.15, 0.2) is 30.3 Å². The van der Waals surface area contributed by atoms with Crippen LogP contribution in [-0.2, 0) is 0 Å². The quantitative estimate of drug-likeness (QED) is 0.658. The second kappa shape index (κ2) is 4.36. The van der Waals surface area contributed by atoms with E-state index in [-0.39, 0.29) is 19.6 Å². The van der Waals surface area contributed by atoms with Crippen molar-refractivity contribution < 1.29 is 5.11 Å². The third-order valence-corrected chi connectivity index (χ3v) is 1.28. The SMILES string of the molecule is C[C@@H](O)c1ccccc1.S. The van der Waals surface area contributed by atoms with Gasteiger partial charge in [0.15, 0.2) is 0 Å². The van der Waals surface area contributed by atoms with Crippen LogP contribution in [0.2, 0.25) is 0 Å². The molecule has 1 rings (SSSR count). The van der Waals surface area contributed by atoms with Gasteiger partial charge in [-0.25, -0.2) is 0 Å².